The molecular formula is C50H33N. The largest absolute Gasteiger partial charge is 0.310 e. The zero-order valence-electron chi connectivity index (χ0n) is 28.0. The summed E-state index contributed by atoms with van der Waals surface area (Å²) in [5.41, 5.74) is 8.22. The molecule has 1 heteroatoms. The fraction of sp³-hybridized carbons (Fsp3) is 0. The van der Waals surface area contributed by atoms with Gasteiger partial charge in [-0.15, -0.1) is 0 Å². The van der Waals surface area contributed by atoms with E-state index in [1.807, 2.05) is 0 Å². The standard InChI is InChI=1S/C50H33N/c1-2-11-39-31-40(21-17-34(39)9-1)35-23-27-43(28-24-35)51(50-33-42-12-4-6-14-46(42)47-15-7-8-16-48(47)50)44-29-25-36(26-30-44)41-22-20-38-19-18-37-10-3-5-13-45(37)49(38)32-41/h1-33H. The molecule has 51 heavy (non-hydrogen) atoms. The Balaban J connectivity index is 1.11. The molecule has 0 saturated heterocycles. The van der Waals surface area contributed by atoms with Crippen LogP contribution in [0.3, 0.4) is 0 Å². The average molecular weight is 648 g/mol. The van der Waals surface area contributed by atoms with Gasteiger partial charge in [0.2, 0.25) is 0 Å². The predicted molar refractivity (Wildman–Crippen MR) is 220 cm³/mol. The molecule has 10 aromatic carbocycles. The van der Waals surface area contributed by atoms with Gasteiger partial charge in [0.15, 0.2) is 0 Å². The molecule has 0 saturated carbocycles. The molecular weight excluding hydrogens is 615 g/mol. The third-order valence-electron chi connectivity index (χ3n) is 10.4. The number of hydrogen-bond donors (Lipinski definition) is 0. The summed E-state index contributed by atoms with van der Waals surface area (Å²) in [4.78, 5) is 2.41. The van der Waals surface area contributed by atoms with E-state index in [4.69, 9.17) is 0 Å². The summed E-state index contributed by atoms with van der Waals surface area (Å²) in [6.45, 7) is 0. The summed E-state index contributed by atoms with van der Waals surface area (Å²) in [6, 6.07) is 73.1. The van der Waals surface area contributed by atoms with Crippen molar-refractivity contribution in [3.63, 3.8) is 0 Å². The monoisotopic (exact) mass is 647 g/mol. The van der Waals surface area contributed by atoms with E-state index in [1.54, 1.807) is 0 Å². The molecule has 0 spiro atoms. The lowest BCUT2D eigenvalue weighted by Crippen LogP contribution is -2.10. The summed E-state index contributed by atoms with van der Waals surface area (Å²) in [5, 5.41) is 12.6. The Kier molecular flexibility index (Phi) is 6.89. The number of benzene rings is 10. The molecule has 0 unspecified atom stereocenters. The molecule has 0 N–H and O–H groups in total. The first kappa shape index (κ1) is 29.2. The van der Waals surface area contributed by atoms with Crippen LogP contribution in [0.4, 0.5) is 17.1 Å². The molecule has 0 aliphatic heterocycles. The molecule has 0 aliphatic rings. The molecule has 0 fully saturated rings. The number of hydrogen-bond acceptors (Lipinski definition) is 1. The maximum Gasteiger partial charge on any atom is 0.0546 e. The van der Waals surface area contributed by atoms with Gasteiger partial charge in [-0.25, -0.2) is 0 Å². The molecule has 0 aliphatic carbocycles. The molecule has 0 radical (unpaired) electrons. The second kappa shape index (κ2) is 12.0. The fourth-order valence-corrected chi connectivity index (χ4v) is 7.80. The van der Waals surface area contributed by atoms with Crippen LogP contribution in [0.15, 0.2) is 200 Å². The zero-order chi connectivity index (χ0) is 33.7. The van der Waals surface area contributed by atoms with Gasteiger partial charge >= 0.3 is 0 Å². The third kappa shape index (κ3) is 5.10. The van der Waals surface area contributed by atoms with Gasteiger partial charge in [-0.2, -0.15) is 0 Å². The molecule has 0 heterocycles. The predicted octanol–water partition coefficient (Wildman–Crippen LogP) is 14.3. The Bertz CT molecular complexity index is 2900. The Morgan fingerprint density at radius 3 is 1.33 bits per heavy atom. The Morgan fingerprint density at radius 1 is 0.235 bits per heavy atom. The number of nitrogens with zero attached hydrogens (tertiary/aromatic N) is 1. The van der Waals surface area contributed by atoms with E-state index in [0.717, 1.165) is 17.1 Å². The summed E-state index contributed by atoms with van der Waals surface area (Å²) in [6.07, 6.45) is 0. The number of fused-ring (bicyclic) bond motifs is 7. The maximum absolute atomic E-state index is 2.41. The van der Waals surface area contributed by atoms with E-state index in [-0.39, 0.29) is 0 Å². The van der Waals surface area contributed by atoms with Gasteiger partial charge in [-0.05, 0) is 113 Å². The second-order valence-electron chi connectivity index (χ2n) is 13.4. The van der Waals surface area contributed by atoms with E-state index >= 15 is 0 Å². The van der Waals surface area contributed by atoms with Crippen molar-refractivity contribution in [2.45, 2.75) is 0 Å². The summed E-state index contributed by atoms with van der Waals surface area (Å²) in [7, 11) is 0. The highest BCUT2D eigenvalue weighted by Crippen LogP contribution is 2.43. The molecule has 10 aromatic rings. The van der Waals surface area contributed by atoms with Gasteiger partial charge in [0.1, 0.15) is 0 Å². The molecule has 238 valence electrons. The van der Waals surface area contributed by atoms with Crippen molar-refractivity contribution in [3.05, 3.63) is 200 Å². The van der Waals surface area contributed by atoms with Crippen molar-refractivity contribution in [1.29, 1.82) is 0 Å². The van der Waals surface area contributed by atoms with Crippen molar-refractivity contribution in [3.8, 4) is 22.3 Å². The van der Waals surface area contributed by atoms with Crippen LogP contribution in [-0.4, -0.2) is 0 Å². The summed E-state index contributed by atoms with van der Waals surface area (Å²) < 4.78 is 0. The quantitative estimate of drug-likeness (QED) is 0.168. The lowest BCUT2D eigenvalue weighted by molar-refractivity contribution is 1.30. The third-order valence-corrected chi connectivity index (χ3v) is 10.4. The van der Waals surface area contributed by atoms with E-state index < -0.39 is 0 Å². The summed E-state index contributed by atoms with van der Waals surface area (Å²) in [5.74, 6) is 0. The van der Waals surface area contributed by atoms with Gasteiger partial charge in [0.25, 0.3) is 0 Å². The Morgan fingerprint density at radius 2 is 0.667 bits per heavy atom. The Labute approximate surface area is 297 Å². The molecule has 10 rings (SSSR count). The molecule has 0 amide bonds. The maximum atomic E-state index is 2.41. The van der Waals surface area contributed by atoms with Crippen LogP contribution >= 0.6 is 0 Å². The normalized spacial score (nSPS) is 11.5. The second-order valence-corrected chi connectivity index (χ2v) is 13.4. The number of anilines is 3. The molecule has 0 bridgehead atoms. The van der Waals surface area contributed by atoms with Crippen LogP contribution in [0.5, 0.6) is 0 Å². The van der Waals surface area contributed by atoms with Gasteiger partial charge in [-0.3, -0.25) is 0 Å². The minimum absolute atomic E-state index is 1.11. The SMILES string of the molecule is c1ccc2cc(-c3ccc(N(c4ccc(-c5ccc6ccc7ccccc7c6c5)cc4)c4cc5ccccc5c5ccccc45)cc3)ccc2c1. The van der Waals surface area contributed by atoms with Gasteiger partial charge < -0.3 is 4.90 Å². The first-order valence-corrected chi connectivity index (χ1v) is 17.6. The van der Waals surface area contributed by atoms with Crippen molar-refractivity contribution in [1.82, 2.24) is 0 Å². The smallest absolute Gasteiger partial charge is 0.0546 e. The highest BCUT2D eigenvalue weighted by atomic mass is 15.1. The molecule has 0 aromatic heterocycles. The van der Waals surface area contributed by atoms with E-state index in [0.29, 0.717) is 0 Å². The van der Waals surface area contributed by atoms with Gasteiger partial charge in [0.05, 0.1) is 5.69 Å². The van der Waals surface area contributed by atoms with Crippen LogP contribution < -0.4 is 4.90 Å². The minimum atomic E-state index is 1.11. The molecule has 1 nitrogen and oxygen atoms in total. The minimum Gasteiger partial charge on any atom is -0.310 e. The van der Waals surface area contributed by atoms with Crippen LogP contribution in [-0.2, 0) is 0 Å². The van der Waals surface area contributed by atoms with Crippen LogP contribution in [0.1, 0.15) is 0 Å². The van der Waals surface area contributed by atoms with Crippen LogP contribution in [0.2, 0.25) is 0 Å². The number of rotatable bonds is 5. The van der Waals surface area contributed by atoms with Crippen molar-refractivity contribution >= 4 is 70.9 Å². The van der Waals surface area contributed by atoms with Crippen LogP contribution in [0.25, 0.3) is 76.1 Å². The topological polar surface area (TPSA) is 3.24 Å². The lowest BCUT2D eigenvalue weighted by atomic mass is 9.96. The average Bonchev–Trinajstić information content (AvgIpc) is 3.21. The Hall–Kier alpha value is -6.70. The van der Waals surface area contributed by atoms with E-state index in [9.17, 15) is 0 Å². The van der Waals surface area contributed by atoms with E-state index in [1.165, 1.54) is 76.1 Å². The fourth-order valence-electron chi connectivity index (χ4n) is 7.80. The highest BCUT2D eigenvalue weighted by molar-refractivity contribution is 6.14. The molecule has 0 atom stereocenters. The van der Waals surface area contributed by atoms with Crippen molar-refractivity contribution in [2.24, 2.45) is 0 Å². The first-order chi connectivity index (χ1) is 25.3. The zero-order valence-corrected chi connectivity index (χ0v) is 28.0. The van der Waals surface area contributed by atoms with Crippen molar-refractivity contribution < 1.29 is 0 Å². The summed E-state index contributed by atoms with van der Waals surface area (Å²) >= 11 is 0. The highest BCUT2D eigenvalue weighted by Gasteiger charge is 2.18. The van der Waals surface area contributed by atoms with Gasteiger partial charge in [0, 0.05) is 16.8 Å². The lowest BCUT2D eigenvalue weighted by Gasteiger charge is -2.28. The van der Waals surface area contributed by atoms with Gasteiger partial charge in [-0.1, -0.05) is 158 Å². The first-order valence-electron chi connectivity index (χ1n) is 17.6. The van der Waals surface area contributed by atoms with Crippen LogP contribution in [0, 0.1) is 0 Å². The van der Waals surface area contributed by atoms with E-state index in [2.05, 4.69) is 205 Å². The van der Waals surface area contributed by atoms with Crippen molar-refractivity contribution in [2.75, 3.05) is 4.90 Å².